The van der Waals surface area contributed by atoms with Gasteiger partial charge in [0.1, 0.15) is 0 Å². The van der Waals surface area contributed by atoms with Crippen LogP contribution in [0.5, 0.6) is 0 Å². The Morgan fingerprint density at radius 3 is 2.79 bits per heavy atom. The van der Waals surface area contributed by atoms with Crippen molar-refractivity contribution in [1.29, 1.82) is 0 Å². The molecule has 3 rings (SSSR count). The first-order valence-corrected chi connectivity index (χ1v) is 9.05. The summed E-state index contributed by atoms with van der Waals surface area (Å²) in [5.74, 6) is -0.215. The Morgan fingerprint density at radius 1 is 1.38 bits per heavy atom. The second-order valence-corrected chi connectivity index (χ2v) is 6.86. The molecule has 1 aliphatic rings. The van der Waals surface area contributed by atoms with E-state index in [0.717, 1.165) is 34.8 Å². The Balaban J connectivity index is 1.73. The third-order valence-electron chi connectivity index (χ3n) is 4.19. The van der Waals surface area contributed by atoms with Crippen molar-refractivity contribution in [3.8, 4) is 0 Å². The SMILES string of the molecule is CSc1ccc(C(CO)NC(=O)c2cnc3c(c2)CN(C)C3)cc1. The fourth-order valence-corrected chi connectivity index (χ4v) is 3.26. The summed E-state index contributed by atoms with van der Waals surface area (Å²) < 4.78 is 0. The van der Waals surface area contributed by atoms with Crippen LogP contribution in [0.25, 0.3) is 0 Å². The van der Waals surface area contributed by atoms with Gasteiger partial charge in [-0.05, 0) is 42.6 Å². The standard InChI is InChI=1S/C18H21N3O2S/c1-21-9-14-7-13(8-19-16(14)10-21)18(23)20-17(11-22)12-3-5-15(24-2)6-4-12/h3-8,17,22H,9-11H2,1-2H3,(H,20,23). The number of thioether (sulfide) groups is 1. The topological polar surface area (TPSA) is 65.5 Å². The van der Waals surface area contributed by atoms with Gasteiger partial charge in [-0.2, -0.15) is 0 Å². The number of benzene rings is 1. The minimum Gasteiger partial charge on any atom is -0.394 e. The number of fused-ring (bicyclic) bond motifs is 1. The lowest BCUT2D eigenvalue weighted by molar-refractivity contribution is 0.0915. The number of rotatable bonds is 5. The third-order valence-corrected chi connectivity index (χ3v) is 4.93. The largest absolute Gasteiger partial charge is 0.394 e. The molecule has 1 aromatic carbocycles. The number of aromatic nitrogens is 1. The lowest BCUT2D eigenvalue weighted by Gasteiger charge is -2.17. The quantitative estimate of drug-likeness (QED) is 0.815. The molecule has 0 radical (unpaired) electrons. The van der Waals surface area contributed by atoms with Crippen molar-refractivity contribution in [1.82, 2.24) is 15.2 Å². The highest BCUT2D eigenvalue weighted by Crippen LogP contribution is 2.22. The van der Waals surface area contributed by atoms with Crippen LogP contribution in [0.1, 0.15) is 33.2 Å². The van der Waals surface area contributed by atoms with Crippen LogP contribution in [0.4, 0.5) is 0 Å². The summed E-state index contributed by atoms with van der Waals surface area (Å²) in [7, 11) is 2.03. The molecule has 24 heavy (non-hydrogen) atoms. The monoisotopic (exact) mass is 343 g/mol. The number of pyridine rings is 1. The van der Waals surface area contributed by atoms with Gasteiger partial charge in [-0.1, -0.05) is 12.1 Å². The molecule has 0 fully saturated rings. The predicted octanol–water partition coefficient (Wildman–Crippen LogP) is 2.21. The van der Waals surface area contributed by atoms with Gasteiger partial charge in [0.15, 0.2) is 0 Å². The van der Waals surface area contributed by atoms with Gasteiger partial charge in [0, 0.05) is 24.2 Å². The number of aliphatic hydroxyl groups is 1. The smallest absolute Gasteiger partial charge is 0.253 e. The molecular weight excluding hydrogens is 322 g/mol. The summed E-state index contributed by atoms with van der Waals surface area (Å²) in [5, 5.41) is 12.5. The Hall–Kier alpha value is -1.89. The normalized spacial score (nSPS) is 15.1. The molecule has 0 saturated carbocycles. The molecule has 2 N–H and O–H groups in total. The lowest BCUT2D eigenvalue weighted by Crippen LogP contribution is -2.31. The maximum atomic E-state index is 12.5. The van der Waals surface area contributed by atoms with Crippen LogP contribution in [0.2, 0.25) is 0 Å². The summed E-state index contributed by atoms with van der Waals surface area (Å²) in [6.45, 7) is 1.48. The number of hydrogen-bond acceptors (Lipinski definition) is 5. The molecular formula is C18H21N3O2S. The van der Waals surface area contributed by atoms with Gasteiger partial charge in [-0.25, -0.2) is 0 Å². The number of amides is 1. The molecule has 2 heterocycles. The minimum atomic E-state index is -0.427. The first-order valence-electron chi connectivity index (χ1n) is 7.82. The zero-order valence-electron chi connectivity index (χ0n) is 13.8. The molecule has 126 valence electrons. The first kappa shape index (κ1) is 17.0. The van der Waals surface area contributed by atoms with Crippen molar-refractivity contribution in [3.05, 3.63) is 58.9 Å². The van der Waals surface area contributed by atoms with Crippen molar-refractivity contribution in [2.24, 2.45) is 0 Å². The molecule has 1 aliphatic heterocycles. The number of aliphatic hydroxyl groups excluding tert-OH is 1. The number of nitrogens with one attached hydrogen (secondary N) is 1. The van der Waals surface area contributed by atoms with Gasteiger partial charge in [0.2, 0.25) is 0 Å². The number of nitrogens with zero attached hydrogens (tertiary/aromatic N) is 2. The van der Waals surface area contributed by atoms with E-state index in [4.69, 9.17) is 0 Å². The van der Waals surface area contributed by atoms with Gasteiger partial charge in [-0.3, -0.25) is 14.7 Å². The van der Waals surface area contributed by atoms with Crippen molar-refractivity contribution in [2.75, 3.05) is 19.9 Å². The van der Waals surface area contributed by atoms with E-state index in [0.29, 0.717) is 5.56 Å². The molecule has 1 aromatic heterocycles. The average molecular weight is 343 g/mol. The molecule has 0 saturated heterocycles. The highest BCUT2D eigenvalue weighted by atomic mass is 32.2. The van der Waals surface area contributed by atoms with Crippen LogP contribution < -0.4 is 5.32 Å². The highest BCUT2D eigenvalue weighted by Gasteiger charge is 2.20. The zero-order chi connectivity index (χ0) is 17.1. The highest BCUT2D eigenvalue weighted by molar-refractivity contribution is 7.98. The van der Waals surface area contributed by atoms with Gasteiger partial charge in [-0.15, -0.1) is 11.8 Å². The van der Waals surface area contributed by atoms with Crippen LogP contribution in [0.3, 0.4) is 0 Å². The van der Waals surface area contributed by atoms with E-state index >= 15 is 0 Å². The molecule has 0 spiro atoms. The first-order chi connectivity index (χ1) is 11.6. The second-order valence-electron chi connectivity index (χ2n) is 5.98. The van der Waals surface area contributed by atoms with E-state index < -0.39 is 6.04 Å². The van der Waals surface area contributed by atoms with Crippen LogP contribution >= 0.6 is 11.8 Å². The Labute approximate surface area is 146 Å². The van der Waals surface area contributed by atoms with Crippen LogP contribution in [-0.4, -0.2) is 40.8 Å². The zero-order valence-corrected chi connectivity index (χ0v) is 14.6. The van der Waals surface area contributed by atoms with E-state index in [-0.39, 0.29) is 12.5 Å². The summed E-state index contributed by atoms with van der Waals surface area (Å²) in [6, 6.07) is 9.31. The van der Waals surface area contributed by atoms with E-state index in [2.05, 4.69) is 15.2 Å². The molecule has 1 atom stereocenters. The van der Waals surface area contributed by atoms with Gasteiger partial charge >= 0.3 is 0 Å². The average Bonchev–Trinajstić information content (AvgIpc) is 2.98. The molecule has 2 aromatic rings. The minimum absolute atomic E-state index is 0.147. The fourth-order valence-electron chi connectivity index (χ4n) is 2.86. The maximum absolute atomic E-state index is 12.5. The van der Waals surface area contributed by atoms with E-state index in [1.54, 1.807) is 18.0 Å². The van der Waals surface area contributed by atoms with Crippen molar-refractivity contribution in [3.63, 3.8) is 0 Å². The van der Waals surface area contributed by atoms with E-state index in [1.807, 2.05) is 43.6 Å². The van der Waals surface area contributed by atoms with Crippen LogP contribution in [0.15, 0.2) is 41.4 Å². The van der Waals surface area contributed by atoms with Crippen LogP contribution in [0, 0.1) is 0 Å². The molecule has 0 bridgehead atoms. The molecule has 5 nitrogen and oxygen atoms in total. The van der Waals surface area contributed by atoms with Gasteiger partial charge in [0.25, 0.3) is 5.91 Å². The predicted molar refractivity (Wildman–Crippen MR) is 94.9 cm³/mol. The summed E-state index contributed by atoms with van der Waals surface area (Å²) >= 11 is 1.66. The van der Waals surface area contributed by atoms with Gasteiger partial charge < -0.3 is 10.4 Å². The Kier molecular flexibility index (Phi) is 5.18. The molecule has 6 heteroatoms. The van der Waals surface area contributed by atoms with E-state index in [9.17, 15) is 9.90 Å². The van der Waals surface area contributed by atoms with Crippen molar-refractivity contribution in [2.45, 2.75) is 24.0 Å². The Morgan fingerprint density at radius 2 is 2.12 bits per heavy atom. The number of carbonyl (C=O) groups excluding carboxylic acids is 1. The number of carbonyl (C=O) groups is 1. The molecule has 1 amide bonds. The summed E-state index contributed by atoms with van der Waals surface area (Å²) in [4.78, 5) is 20.2. The second kappa shape index (κ2) is 7.34. The van der Waals surface area contributed by atoms with Gasteiger partial charge in [0.05, 0.1) is 23.9 Å². The van der Waals surface area contributed by atoms with Crippen LogP contribution in [-0.2, 0) is 13.1 Å². The maximum Gasteiger partial charge on any atom is 0.253 e. The van der Waals surface area contributed by atoms with Crippen molar-refractivity contribution < 1.29 is 9.90 Å². The summed E-state index contributed by atoms with van der Waals surface area (Å²) in [5.41, 5.74) is 3.54. The molecule has 1 unspecified atom stereocenters. The lowest BCUT2D eigenvalue weighted by atomic mass is 10.1. The van der Waals surface area contributed by atoms with Crippen molar-refractivity contribution >= 4 is 17.7 Å². The Bertz CT molecular complexity index is 734. The van der Waals surface area contributed by atoms with E-state index in [1.165, 1.54) is 0 Å². The number of hydrogen-bond donors (Lipinski definition) is 2. The fraction of sp³-hybridized carbons (Fsp3) is 0.333. The summed E-state index contributed by atoms with van der Waals surface area (Å²) in [6.07, 6.45) is 3.62. The molecule has 0 aliphatic carbocycles. The third kappa shape index (κ3) is 3.61.